The maximum atomic E-state index is 11.9. The zero-order valence-corrected chi connectivity index (χ0v) is 11.9. The van der Waals surface area contributed by atoms with Gasteiger partial charge >= 0.3 is 0 Å². The molecule has 96 valence electrons. The number of hydrogen-bond acceptors (Lipinski definition) is 5. The van der Waals surface area contributed by atoms with Crippen LogP contribution in [0.2, 0.25) is 0 Å². The topological polar surface area (TPSA) is 59.8 Å². The molecule has 1 amide bonds. The van der Waals surface area contributed by atoms with Crippen LogP contribution in [-0.2, 0) is 7.05 Å². The van der Waals surface area contributed by atoms with Gasteiger partial charge in [-0.3, -0.25) is 9.48 Å². The normalized spacial score (nSPS) is 10.6. The van der Waals surface area contributed by atoms with Gasteiger partial charge in [0.05, 0.1) is 11.9 Å². The fourth-order valence-electron chi connectivity index (χ4n) is 1.51. The predicted octanol–water partition coefficient (Wildman–Crippen LogP) is 1.51. The summed E-state index contributed by atoms with van der Waals surface area (Å²) in [6.45, 7) is 2.40. The average molecular weight is 282 g/mol. The molecule has 0 saturated heterocycles. The van der Waals surface area contributed by atoms with Crippen LogP contribution in [0.4, 0.5) is 0 Å². The number of amides is 1. The fraction of sp³-hybridized carbons (Fsp3) is 0.364. The Morgan fingerprint density at radius 3 is 3.00 bits per heavy atom. The van der Waals surface area contributed by atoms with Gasteiger partial charge in [0, 0.05) is 31.1 Å². The highest BCUT2D eigenvalue weighted by atomic mass is 32.1. The SMILES string of the molecule is Cc1nc(-c2cnn(C)c2)sc1C(=O)NCCS. The lowest BCUT2D eigenvalue weighted by atomic mass is 10.3. The molecule has 0 saturated carbocycles. The number of nitrogens with zero attached hydrogens (tertiary/aromatic N) is 3. The number of aromatic nitrogens is 3. The van der Waals surface area contributed by atoms with Crippen LogP contribution in [0.15, 0.2) is 12.4 Å². The first kappa shape index (κ1) is 13.1. The van der Waals surface area contributed by atoms with E-state index in [4.69, 9.17) is 0 Å². The van der Waals surface area contributed by atoms with Crippen molar-refractivity contribution in [1.82, 2.24) is 20.1 Å². The summed E-state index contributed by atoms with van der Waals surface area (Å²) < 4.78 is 1.71. The number of carbonyl (C=O) groups is 1. The zero-order valence-electron chi connectivity index (χ0n) is 10.2. The summed E-state index contributed by atoms with van der Waals surface area (Å²) in [6.07, 6.45) is 3.63. The molecular formula is C11H14N4OS2. The van der Waals surface area contributed by atoms with Crippen molar-refractivity contribution in [3.05, 3.63) is 23.0 Å². The Balaban J connectivity index is 2.24. The highest BCUT2D eigenvalue weighted by molar-refractivity contribution is 7.80. The molecule has 0 fully saturated rings. The molecule has 0 atom stereocenters. The third-order valence-corrected chi connectivity index (χ3v) is 3.78. The minimum absolute atomic E-state index is 0.0887. The van der Waals surface area contributed by atoms with Crippen molar-refractivity contribution in [2.24, 2.45) is 7.05 Å². The van der Waals surface area contributed by atoms with Crippen LogP contribution in [0.1, 0.15) is 15.4 Å². The van der Waals surface area contributed by atoms with E-state index in [1.807, 2.05) is 20.2 Å². The Morgan fingerprint density at radius 1 is 1.61 bits per heavy atom. The molecule has 1 N–H and O–H groups in total. The second-order valence-corrected chi connectivity index (χ2v) is 5.26. The summed E-state index contributed by atoms with van der Waals surface area (Å²) >= 11 is 5.44. The molecule has 0 bridgehead atoms. The smallest absolute Gasteiger partial charge is 0.263 e. The van der Waals surface area contributed by atoms with Crippen molar-refractivity contribution in [2.75, 3.05) is 12.3 Å². The number of thiol groups is 1. The fourth-order valence-corrected chi connectivity index (χ4v) is 2.58. The molecule has 0 aliphatic carbocycles. The minimum atomic E-state index is -0.0887. The number of nitrogens with one attached hydrogen (secondary N) is 1. The molecule has 2 rings (SSSR count). The lowest BCUT2D eigenvalue weighted by molar-refractivity contribution is 0.0959. The van der Waals surface area contributed by atoms with Crippen LogP contribution < -0.4 is 5.32 Å². The zero-order chi connectivity index (χ0) is 13.1. The largest absolute Gasteiger partial charge is 0.350 e. The molecule has 18 heavy (non-hydrogen) atoms. The van der Waals surface area contributed by atoms with Gasteiger partial charge in [-0.1, -0.05) is 0 Å². The van der Waals surface area contributed by atoms with Crippen LogP contribution in [0.3, 0.4) is 0 Å². The quantitative estimate of drug-likeness (QED) is 0.836. The molecule has 0 radical (unpaired) electrons. The van der Waals surface area contributed by atoms with Gasteiger partial charge in [0.1, 0.15) is 9.88 Å². The van der Waals surface area contributed by atoms with Gasteiger partial charge in [-0.25, -0.2) is 4.98 Å². The van der Waals surface area contributed by atoms with Gasteiger partial charge in [-0.15, -0.1) is 11.3 Å². The molecule has 0 aliphatic rings. The second kappa shape index (κ2) is 5.53. The molecule has 0 unspecified atom stereocenters. The van der Waals surface area contributed by atoms with E-state index in [-0.39, 0.29) is 5.91 Å². The van der Waals surface area contributed by atoms with Gasteiger partial charge in [0.2, 0.25) is 0 Å². The molecule has 2 aromatic rings. The van der Waals surface area contributed by atoms with Crippen molar-refractivity contribution in [2.45, 2.75) is 6.92 Å². The molecule has 0 aromatic carbocycles. The van der Waals surface area contributed by atoms with Crippen molar-refractivity contribution in [1.29, 1.82) is 0 Å². The molecule has 5 nitrogen and oxygen atoms in total. The Morgan fingerprint density at radius 2 is 2.39 bits per heavy atom. The average Bonchev–Trinajstić information content (AvgIpc) is 2.92. The summed E-state index contributed by atoms with van der Waals surface area (Å²) in [6, 6.07) is 0. The Labute approximate surface area is 115 Å². The molecule has 0 spiro atoms. The Bertz CT molecular complexity index is 561. The van der Waals surface area contributed by atoms with Crippen LogP contribution in [-0.4, -0.2) is 33.0 Å². The molecule has 2 heterocycles. The first-order valence-corrected chi connectivity index (χ1v) is 6.92. The Kier molecular flexibility index (Phi) is 4.03. The van der Waals surface area contributed by atoms with E-state index in [0.717, 1.165) is 16.3 Å². The third-order valence-electron chi connectivity index (χ3n) is 2.35. The summed E-state index contributed by atoms with van der Waals surface area (Å²) in [4.78, 5) is 16.9. The number of rotatable bonds is 4. The number of hydrogen-bond donors (Lipinski definition) is 2. The van der Waals surface area contributed by atoms with Gasteiger partial charge < -0.3 is 5.32 Å². The van der Waals surface area contributed by atoms with E-state index in [9.17, 15) is 4.79 Å². The van der Waals surface area contributed by atoms with Crippen molar-refractivity contribution < 1.29 is 4.79 Å². The predicted molar refractivity (Wildman–Crippen MR) is 75.2 cm³/mol. The summed E-state index contributed by atoms with van der Waals surface area (Å²) in [5.41, 5.74) is 1.68. The molecule has 2 aromatic heterocycles. The van der Waals surface area contributed by atoms with E-state index in [0.29, 0.717) is 17.2 Å². The highest BCUT2D eigenvalue weighted by Crippen LogP contribution is 2.27. The first-order chi connectivity index (χ1) is 8.61. The number of carbonyl (C=O) groups excluding carboxylic acids is 1. The van der Waals surface area contributed by atoms with Crippen LogP contribution >= 0.6 is 24.0 Å². The van der Waals surface area contributed by atoms with Gasteiger partial charge in [-0.05, 0) is 6.92 Å². The summed E-state index contributed by atoms with van der Waals surface area (Å²) in [7, 11) is 1.85. The first-order valence-electron chi connectivity index (χ1n) is 5.47. The van der Waals surface area contributed by atoms with E-state index in [1.54, 1.807) is 10.9 Å². The monoisotopic (exact) mass is 282 g/mol. The van der Waals surface area contributed by atoms with Crippen molar-refractivity contribution in [3.63, 3.8) is 0 Å². The Hall–Kier alpha value is -1.34. The maximum absolute atomic E-state index is 11.9. The number of thiazole rings is 1. The van der Waals surface area contributed by atoms with E-state index in [1.165, 1.54) is 11.3 Å². The second-order valence-electron chi connectivity index (χ2n) is 3.82. The lowest BCUT2D eigenvalue weighted by Gasteiger charge is -1.99. The van der Waals surface area contributed by atoms with Gasteiger partial charge in [-0.2, -0.15) is 17.7 Å². The standard InChI is InChI=1S/C11H14N4OS2/c1-7-9(10(16)12-3-4-17)18-11(14-7)8-5-13-15(2)6-8/h5-6,17H,3-4H2,1-2H3,(H,12,16). The number of aryl methyl sites for hydroxylation is 2. The van der Waals surface area contributed by atoms with E-state index >= 15 is 0 Å². The van der Waals surface area contributed by atoms with Gasteiger partial charge in [0.25, 0.3) is 5.91 Å². The van der Waals surface area contributed by atoms with Crippen molar-refractivity contribution >= 4 is 29.9 Å². The van der Waals surface area contributed by atoms with E-state index in [2.05, 4.69) is 28.0 Å². The maximum Gasteiger partial charge on any atom is 0.263 e. The van der Waals surface area contributed by atoms with Gasteiger partial charge in [0.15, 0.2) is 0 Å². The molecule has 7 heteroatoms. The van der Waals surface area contributed by atoms with Crippen molar-refractivity contribution in [3.8, 4) is 10.6 Å². The van der Waals surface area contributed by atoms with Crippen LogP contribution in [0, 0.1) is 6.92 Å². The lowest BCUT2D eigenvalue weighted by Crippen LogP contribution is -2.25. The molecular weight excluding hydrogens is 268 g/mol. The molecule has 0 aliphatic heterocycles. The van der Waals surface area contributed by atoms with Crippen LogP contribution in [0.25, 0.3) is 10.6 Å². The van der Waals surface area contributed by atoms with Crippen LogP contribution in [0.5, 0.6) is 0 Å². The summed E-state index contributed by atoms with van der Waals surface area (Å²) in [5.74, 6) is 0.535. The summed E-state index contributed by atoms with van der Waals surface area (Å²) in [5, 5.41) is 7.71. The highest BCUT2D eigenvalue weighted by Gasteiger charge is 2.16. The third kappa shape index (κ3) is 2.73. The van der Waals surface area contributed by atoms with E-state index < -0.39 is 0 Å². The minimum Gasteiger partial charge on any atom is -0.350 e.